The minimum Gasteiger partial charge on any atom is -0.454 e. The summed E-state index contributed by atoms with van der Waals surface area (Å²) in [7, 11) is 1.57. The first-order valence-corrected chi connectivity index (χ1v) is 12.6. The van der Waals surface area contributed by atoms with Crippen molar-refractivity contribution >= 4 is 27.3 Å². The fourth-order valence-electron chi connectivity index (χ4n) is 4.11. The molecule has 1 aliphatic rings. The number of aromatic nitrogens is 1. The van der Waals surface area contributed by atoms with Gasteiger partial charge in [-0.15, -0.1) is 11.3 Å². The smallest absolute Gasteiger partial charge is 0.268 e. The first kappa shape index (κ1) is 25.6. The topological polar surface area (TPSA) is 104 Å². The molecule has 38 heavy (non-hydrogen) atoms. The highest BCUT2D eigenvalue weighted by atomic mass is 32.1. The SMILES string of the molecule is Cn1cc(-c2cc(C(C)(C)O)ccc2Oc2ccc(F)cc2F)c2cc(C(=O)NC3(C#N)CC3)sc2c1=O. The van der Waals surface area contributed by atoms with E-state index < -0.39 is 28.7 Å². The second kappa shape index (κ2) is 9.04. The van der Waals surface area contributed by atoms with Crippen molar-refractivity contribution in [1.29, 1.82) is 5.26 Å². The number of nitrogens with one attached hydrogen (secondary N) is 1. The van der Waals surface area contributed by atoms with Gasteiger partial charge in [-0.3, -0.25) is 9.59 Å². The number of pyridine rings is 1. The summed E-state index contributed by atoms with van der Waals surface area (Å²) in [6.07, 6.45) is 2.71. The van der Waals surface area contributed by atoms with Gasteiger partial charge in [0.15, 0.2) is 11.6 Å². The summed E-state index contributed by atoms with van der Waals surface area (Å²) in [6, 6.07) is 11.5. The molecular weight excluding hydrogens is 512 g/mol. The number of ether oxygens (including phenoxy) is 1. The minimum absolute atomic E-state index is 0.196. The van der Waals surface area contributed by atoms with E-state index >= 15 is 0 Å². The van der Waals surface area contributed by atoms with Gasteiger partial charge in [0.1, 0.15) is 21.8 Å². The Morgan fingerprint density at radius 3 is 2.50 bits per heavy atom. The normalized spacial score (nSPS) is 14.2. The summed E-state index contributed by atoms with van der Waals surface area (Å²) in [5.74, 6) is -2.11. The summed E-state index contributed by atoms with van der Waals surface area (Å²) in [5, 5.41) is 23.2. The summed E-state index contributed by atoms with van der Waals surface area (Å²) in [6.45, 7) is 3.22. The Bertz CT molecular complexity index is 1710. The van der Waals surface area contributed by atoms with Crippen LogP contribution in [0.1, 0.15) is 41.9 Å². The number of carbonyl (C=O) groups excluding carboxylic acids is 1. The van der Waals surface area contributed by atoms with E-state index in [1.54, 1.807) is 51.4 Å². The summed E-state index contributed by atoms with van der Waals surface area (Å²) in [5.41, 5.74) is -0.970. The van der Waals surface area contributed by atoms with E-state index in [1.165, 1.54) is 10.6 Å². The van der Waals surface area contributed by atoms with Gasteiger partial charge in [0.05, 0.1) is 16.5 Å². The third kappa shape index (κ3) is 4.66. The Hall–Kier alpha value is -4.07. The van der Waals surface area contributed by atoms with Gasteiger partial charge < -0.3 is 19.7 Å². The van der Waals surface area contributed by atoms with Gasteiger partial charge in [-0.2, -0.15) is 5.26 Å². The number of aliphatic hydroxyl groups is 1. The van der Waals surface area contributed by atoms with Crippen molar-refractivity contribution in [1.82, 2.24) is 9.88 Å². The molecule has 0 unspecified atom stereocenters. The number of rotatable bonds is 6. The van der Waals surface area contributed by atoms with E-state index in [0.29, 0.717) is 45.7 Å². The Morgan fingerprint density at radius 1 is 1.16 bits per heavy atom. The van der Waals surface area contributed by atoms with Crippen LogP contribution in [0.2, 0.25) is 0 Å². The predicted molar refractivity (Wildman–Crippen MR) is 139 cm³/mol. The molecule has 194 valence electrons. The number of amides is 1. The number of hydrogen-bond donors (Lipinski definition) is 2. The number of aryl methyl sites for hydroxylation is 1. The number of fused-ring (bicyclic) bond motifs is 1. The van der Waals surface area contributed by atoms with Crippen molar-refractivity contribution < 1.29 is 23.4 Å². The molecule has 2 aromatic carbocycles. The number of hydrogen-bond acceptors (Lipinski definition) is 6. The minimum atomic E-state index is -1.23. The van der Waals surface area contributed by atoms with E-state index in [1.807, 2.05) is 0 Å². The quantitative estimate of drug-likeness (QED) is 0.346. The summed E-state index contributed by atoms with van der Waals surface area (Å²) in [4.78, 5) is 26.2. The van der Waals surface area contributed by atoms with Crippen LogP contribution in [-0.2, 0) is 12.6 Å². The molecule has 0 atom stereocenters. The molecule has 10 heteroatoms. The molecule has 4 aromatic rings. The average molecular weight is 536 g/mol. The fourth-order valence-corrected chi connectivity index (χ4v) is 5.16. The Labute approximate surface area is 220 Å². The van der Waals surface area contributed by atoms with Gasteiger partial charge in [-0.1, -0.05) is 6.07 Å². The molecule has 2 heterocycles. The van der Waals surface area contributed by atoms with E-state index in [2.05, 4.69) is 11.4 Å². The molecule has 1 saturated carbocycles. The van der Waals surface area contributed by atoms with Gasteiger partial charge in [-0.05, 0) is 62.6 Å². The molecule has 0 spiro atoms. The van der Waals surface area contributed by atoms with E-state index in [9.17, 15) is 28.7 Å². The van der Waals surface area contributed by atoms with Crippen molar-refractivity contribution in [2.24, 2.45) is 7.05 Å². The van der Waals surface area contributed by atoms with Crippen LogP contribution in [-0.4, -0.2) is 21.1 Å². The number of nitrogens with zero attached hydrogens (tertiary/aromatic N) is 2. The molecule has 1 fully saturated rings. The zero-order valence-electron chi connectivity index (χ0n) is 20.8. The largest absolute Gasteiger partial charge is 0.454 e. The Balaban J connectivity index is 1.69. The Morgan fingerprint density at radius 2 is 1.87 bits per heavy atom. The summed E-state index contributed by atoms with van der Waals surface area (Å²) >= 11 is 1.01. The van der Waals surface area contributed by atoms with Crippen LogP contribution < -0.4 is 15.6 Å². The van der Waals surface area contributed by atoms with Crippen molar-refractivity contribution in [3.05, 3.63) is 81.1 Å². The van der Waals surface area contributed by atoms with Crippen LogP contribution in [0.15, 0.2) is 53.5 Å². The average Bonchev–Trinajstić information content (AvgIpc) is 3.48. The van der Waals surface area contributed by atoms with E-state index in [4.69, 9.17) is 4.74 Å². The van der Waals surface area contributed by atoms with Crippen LogP contribution in [0.4, 0.5) is 8.78 Å². The lowest BCUT2D eigenvalue weighted by Gasteiger charge is -2.21. The highest BCUT2D eigenvalue weighted by Gasteiger charge is 2.45. The second-order valence-electron chi connectivity index (χ2n) is 9.91. The number of nitriles is 1. The van der Waals surface area contributed by atoms with Gasteiger partial charge in [0.25, 0.3) is 11.5 Å². The lowest BCUT2D eigenvalue weighted by atomic mass is 9.93. The second-order valence-corrected chi connectivity index (χ2v) is 11.0. The molecule has 2 aromatic heterocycles. The van der Waals surface area contributed by atoms with Crippen LogP contribution in [0.25, 0.3) is 21.2 Å². The van der Waals surface area contributed by atoms with E-state index in [0.717, 1.165) is 17.4 Å². The molecule has 0 bridgehead atoms. The number of thiophene rings is 1. The molecule has 0 aliphatic heterocycles. The zero-order chi connectivity index (χ0) is 27.4. The molecule has 2 N–H and O–H groups in total. The lowest BCUT2D eigenvalue weighted by molar-refractivity contribution is 0.0786. The maximum Gasteiger partial charge on any atom is 0.268 e. The van der Waals surface area contributed by atoms with Crippen LogP contribution in [0.3, 0.4) is 0 Å². The molecule has 0 radical (unpaired) electrons. The van der Waals surface area contributed by atoms with Gasteiger partial charge in [0, 0.05) is 35.8 Å². The highest BCUT2D eigenvalue weighted by molar-refractivity contribution is 7.20. The van der Waals surface area contributed by atoms with Crippen LogP contribution in [0.5, 0.6) is 11.5 Å². The standard InChI is InChI=1S/C28H23F2N3O4S/c1-27(2,36)15-4-6-21(37-22-7-5-16(29)11-20(22)30)17(10-15)19-13-33(3)26(35)24-18(19)12-23(38-24)25(34)32-28(14-31)8-9-28/h4-7,10-13,36H,8-9H2,1-3H3,(H,32,34). The monoisotopic (exact) mass is 535 g/mol. The molecule has 1 aliphatic carbocycles. The van der Waals surface area contributed by atoms with Crippen molar-refractivity contribution in [3.8, 4) is 28.7 Å². The number of halogens is 2. The van der Waals surface area contributed by atoms with Gasteiger partial charge >= 0.3 is 0 Å². The maximum atomic E-state index is 14.5. The third-order valence-electron chi connectivity index (χ3n) is 6.49. The number of benzene rings is 2. The summed E-state index contributed by atoms with van der Waals surface area (Å²) < 4.78 is 35.5. The predicted octanol–water partition coefficient (Wildman–Crippen LogP) is 5.35. The van der Waals surface area contributed by atoms with E-state index in [-0.39, 0.29) is 21.9 Å². The lowest BCUT2D eigenvalue weighted by Crippen LogP contribution is -2.35. The molecular formula is C28H23F2N3O4S. The maximum absolute atomic E-state index is 14.5. The van der Waals surface area contributed by atoms with Crippen molar-refractivity contribution in [3.63, 3.8) is 0 Å². The third-order valence-corrected chi connectivity index (χ3v) is 7.61. The van der Waals surface area contributed by atoms with Crippen LogP contribution >= 0.6 is 11.3 Å². The molecule has 7 nitrogen and oxygen atoms in total. The molecule has 1 amide bonds. The zero-order valence-corrected chi connectivity index (χ0v) is 21.6. The first-order chi connectivity index (χ1) is 17.9. The van der Waals surface area contributed by atoms with Gasteiger partial charge in [0.2, 0.25) is 0 Å². The first-order valence-electron chi connectivity index (χ1n) is 11.8. The molecule has 0 saturated heterocycles. The molecule has 5 rings (SSSR count). The van der Waals surface area contributed by atoms with Crippen molar-refractivity contribution in [2.45, 2.75) is 37.8 Å². The van der Waals surface area contributed by atoms with Crippen molar-refractivity contribution in [2.75, 3.05) is 0 Å². The fraction of sp³-hybridized carbons (Fsp3) is 0.250. The number of carbonyl (C=O) groups is 1. The van der Waals surface area contributed by atoms with Crippen LogP contribution in [0, 0.1) is 23.0 Å². The van der Waals surface area contributed by atoms with Gasteiger partial charge in [-0.25, -0.2) is 8.78 Å². The highest BCUT2D eigenvalue weighted by Crippen LogP contribution is 2.41. The Kier molecular flexibility index (Phi) is 6.09.